The largest absolute Gasteiger partial charge is 0.260 e. The standard InChI is InChI=1S/C20H16N2S3/c1-3-11-21-15(7-1)19(17-9-5-13-23-17)25-20(18-10-6-14-24-18)16-8-2-4-12-22-16/h1-14,19-20H. The third kappa shape index (κ3) is 3.84. The molecule has 0 aliphatic heterocycles. The number of thiophene rings is 2. The van der Waals surface area contributed by atoms with Gasteiger partial charge in [0.15, 0.2) is 0 Å². The van der Waals surface area contributed by atoms with Gasteiger partial charge < -0.3 is 0 Å². The lowest BCUT2D eigenvalue weighted by atomic mass is 10.2. The molecule has 4 aromatic rings. The van der Waals surface area contributed by atoms with Crippen LogP contribution in [0, 0.1) is 0 Å². The summed E-state index contributed by atoms with van der Waals surface area (Å²) in [5.41, 5.74) is 2.18. The molecule has 0 saturated heterocycles. The van der Waals surface area contributed by atoms with Crippen molar-refractivity contribution in [2.45, 2.75) is 10.5 Å². The van der Waals surface area contributed by atoms with Gasteiger partial charge in [0.2, 0.25) is 0 Å². The molecule has 2 unspecified atom stereocenters. The van der Waals surface area contributed by atoms with E-state index in [9.17, 15) is 0 Å². The first kappa shape index (κ1) is 16.5. The van der Waals surface area contributed by atoms with Gasteiger partial charge in [-0.05, 0) is 47.2 Å². The number of thioether (sulfide) groups is 1. The number of nitrogens with zero attached hydrogens (tertiary/aromatic N) is 2. The van der Waals surface area contributed by atoms with Crippen LogP contribution in [0.4, 0.5) is 0 Å². The fraction of sp³-hybridized carbons (Fsp3) is 0.100. The van der Waals surface area contributed by atoms with Gasteiger partial charge in [-0.2, -0.15) is 0 Å². The molecule has 2 nitrogen and oxygen atoms in total. The van der Waals surface area contributed by atoms with Gasteiger partial charge in [0.25, 0.3) is 0 Å². The van der Waals surface area contributed by atoms with Crippen LogP contribution in [0.15, 0.2) is 83.8 Å². The summed E-state index contributed by atoms with van der Waals surface area (Å²) >= 11 is 5.47. The van der Waals surface area contributed by atoms with Crippen LogP contribution in [0.25, 0.3) is 0 Å². The van der Waals surface area contributed by atoms with Crippen LogP contribution in [0.2, 0.25) is 0 Å². The highest BCUT2D eigenvalue weighted by molar-refractivity contribution is 8.00. The van der Waals surface area contributed by atoms with E-state index < -0.39 is 0 Å². The molecule has 0 N–H and O–H groups in total. The first-order valence-corrected chi connectivity index (χ1v) is 10.7. The highest BCUT2D eigenvalue weighted by atomic mass is 32.2. The molecule has 0 spiro atoms. The van der Waals surface area contributed by atoms with E-state index in [2.05, 4.69) is 69.3 Å². The second kappa shape index (κ2) is 7.95. The fourth-order valence-corrected chi connectivity index (χ4v) is 6.00. The molecular weight excluding hydrogens is 364 g/mol. The van der Waals surface area contributed by atoms with Gasteiger partial charge in [-0.3, -0.25) is 9.97 Å². The second-order valence-corrected chi connectivity index (χ2v) is 8.61. The molecule has 0 saturated carbocycles. The molecule has 0 radical (unpaired) electrons. The maximum Gasteiger partial charge on any atom is 0.0822 e. The zero-order valence-corrected chi connectivity index (χ0v) is 15.8. The van der Waals surface area contributed by atoms with Crippen LogP contribution < -0.4 is 0 Å². The van der Waals surface area contributed by atoms with Crippen LogP contribution in [-0.2, 0) is 0 Å². The van der Waals surface area contributed by atoms with Crippen LogP contribution in [-0.4, -0.2) is 9.97 Å². The van der Waals surface area contributed by atoms with Crippen molar-refractivity contribution < 1.29 is 0 Å². The van der Waals surface area contributed by atoms with Crippen molar-refractivity contribution in [3.8, 4) is 0 Å². The lowest BCUT2D eigenvalue weighted by Gasteiger charge is -2.21. The van der Waals surface area contributed by atoms with Gasteiger partial charge in [0, 0.05) is 22.1 Å². The van der Waals surface area contributed by atoms with Gasteiger partial charge in [-0.15, -0.1) is 34.4 Å². The molecule has 124 valence electrons. The molecule has 2 atom stereocenters. The number of hydrogen-bond donors (Lipinski definition) is 0. The predicted octanol–water partition coefficient (Wildman–Crippen LogP) is 6.21. The molecule has 0 amide bonds. The lowest BCUT2D eigenvalue weighted by Crippen LogP contribution is -2.04. The Morgan fingerprint density at radius 3 is 1.52 bits per heavy atom. The summed E-state index contributed by atoms with van der Waals surface area (Å²) in [4.78, 5) is 11.9. The third-order valence-corrected chi connectivity index (χ3v) is 7.50. The van der Waals surface area contributed by atoms with E-state index in [1.807, 2.05) is 36.3 Å². The number of pyridine rings is 2. The Morgan fingerprint density at radius 2 is 1.16 bits per heavy atom. The number of hydrogen-bond acceptors (Lipinski definition) is 5. The van der Waals surface area contributed by atoms with Gasteiger partial charge in [-0.1, -0.05) is 24.3 Å². The Bertz CT molecular complexity index is 800. The van der Waals surface area contributed by atoms with Crippen molar-refractivity contribution in [2.75, 3.05) is 0 Å². The van der Waals surface area contributed by atoms with Crippen LogP contribution in [0.3, 0.4) is 0 Å². The quantitative estimate of drug-likeness (QED) is 0.397. The van der Waals surface area contributed by atoms with Gasteiger partial charge in [-0.25, -0.2) is 0 Å². The third-order valence-electron chi connectivity index (χ3n) is 3.79. The second-order valence-electron chi connectivity index (χ2n) is 5.44. The Labute approximate surface area is 159 Å². The van der Waals surface area contributed by atoms with Crippen molar-refractivity contribution in [2.24, 2.45) is 0 Å². The smallest absolute Gasteiger partial charge is 0.0822 e. The first-order valence-electron chi connectivity index (χ1n) is 7.96. The summed E-state index contributed by atoms with van der Waals surface area (Å²) in [5, 5.41) is 4.64. The van der Waals surface area contributed by atoms with E-state index in [1.54, 1.807) is 22.7 Å². The minimum absolute atomic E-state index is 0.190. The molecule has 0 bridgehead atoms. The fourth-order valence-electron chi connectivity index (χ4n) is 2.64. The van der Waals surface area contributed by atoms with E-state index in [0.717, 1.165) is 11.4 Å². The van der Waals surface area contributed by atoms with Crippen molar-refractivity contribution in [1.82, 2.24) is 9.97 Å². The molecule has 0 aliphatic carbocycles. The van der Waals surface area contributed by atoms with E-state index >= 15 is 0 Å². The minimum atomic E-state index is 0.190. The highest BCUT2D eigenvalue weighted by Crippen LogP contribution is 2.48. The number of rotatable bonds is 6. The zero-order chi connectivity index (χ0) is 16.9. The van der Waals surface area contributed by atoms with E-state index in [-0.39, 0.29) is 10.5 Å². The molecule has 0 fully saturated rings. The van der Waals surface area contributed by atoms with Gasteiger partial charge in [0.05, 0.1) is 21.9 Å². The molecule has 0 aliphatic rings. The molecule has 5 heteroatoms. The van der Waals surface area contributed by atoms with Gasteiger partial charge >= 0.3 is 0 Å². The number of aromatic nitrogens is 2. The average Bonchev–Trinajstić information content (AvgIpc) is 3.38. The Kier molecular flexibility index (Phi) is 5.25. The zero-order valence-electron chi connectivity index (χ0n) is 13.4. The van der Waals surface area contributed by atoms with Crippen LogP contribution in [0.1, 0.15) is 31.6 Å². The maximum absolute atomic E-state index is 4.63. The monoisotopic (exact) mass is 380 g/mol. The van der Waals surface area contributed by atoms with E-state index in [1.165, 1.54) is 9.75 Å². The summed E-state index contributed by atoms with van der Waals surface area (Å²) in [6, 6.07) is 20.9. The molecule has 4 aromatic heterocycles. The Morgan fingerprint density at radius 1 is 0.640 bits per heavy atom. The Balaban J connectivity index is 1.74. The summed E-state index contributed by atoms with van der Waals surface area (Å²) in [6.07, 6.45) is 3.74. The molecule has 0 aromatic carbocycles. The van der Waals surface area contributed by atoms with Crippen LogP contribution in [0.5, 0.6) is 0 Å². The summed E-state index contributed by atoms with van der Waals surface area (Å²) < 4.78 is 0. The minimum Gasteiger partial charge on any atom is -0.260 e. The van der Waals surface area contributed by atoms with Crippen molar-refractivity contribution in [3.05, 3.63) is 105 Å². The lowest BCUT2D eigenvalue weighted by molar-refractivity contribution is 1.03. The summed E-state index contributed by atoms with van der Waals surface area (Å²) in [7, 11) is 0. The highest BCUT2D eigenvalue weighted by Gasteiger charge is 2.26. The topological polar surface area (TPSA) is 25.8 Å². The summed E-state index contributed by atoms with van der Waals surface area (Å²) in [5.74, 6) is 0. The maximum atomic E-state index is 4.63. The molecular formula is C20H16N2S3. The van der Waals surface area contributed by atoms with Crippen molar-refractivity contribution >= 4 is 34.4 Å². The predicted molar refractivity (Wildman–Crippen MR) is 108 cm³/mol. The van der Waals surface area contributed by atoms with Crippen LogP contribution >= 0.6 is 34.4 Å². The van der Waals surface area contributed by atoms with Gasteiger partial charge in [0.1, 0.15) is 0 Å². The van der Waals surface area contributed by atoms with Crippen molar-refractivity contribution in [1.29, 1.82) is 0 Å². The Hall–Kier alpha value is -1.95. The normalized spacial score (nSPS) is 13.4. The molecule has 4 heterocycles. The van der Waals surface area contributed by atoms with Crippen molar-refractivity contribution in [3.63, 3.8) is 0 Å². The average molecular weight is 381 g/mol. The van der Waals surface area contributed by atoms with E-state index in [4.69, 9.17) is 0 Å². The molecule has 4 rings (SSSR count). The molecule has 25 heavy (non-hydrogen) atoms. The van der Waals surface area contributed by atoms with E-state index in [0.29, 0.717) is 0 Å². The SMILES string of the molecule is c1ccc(C(SC(c2ccccn2)c2cccs2)c2cccs2)nc1. The first-order chi connectivity index (χ1) is 12.4. The summed E-state index contributed by atoms with van der Waals surface area (Å²) in [6.45, 7) is 0.